The molecule has 0 unspecified atom stereocenters. The van der Waals surface area contributed by atoms with Gasteiger partial charge in [0, 0.05) is 125 Å². The molecule has 64 heavy (non-hydrogen) atoms. The molecule has 0 spiro atoms. The molecule has 2 aromatic carbocycles. The number of rotatable bonds is 11. The lowest BCUT2D eigenvalue weighted by Gasteiger charge is -2.39. The number of ether oxygens (including phenoxy) is 1. The number of pyridine rings is 2. The molecule has 3 aromatic heterocycles. The zero-order valence-corrected chi connectivity index (χ0v) is 37.7. The van der Waals surface area contributed by atoms with E-state index in [1.165, 1.54) is 0 Å². The largest absolute Gasteiger partial charge is 0.486 e. The first-order valence-corrected chi connectivity index (χ1v) is 23.8. The Bertz CT molecular complexity index is 2610. The third kappa shape index (κ3) is 9.19. The minimum atomic E-state index is -3.54. The first kappa shape index (κ1) is 43.7. The Morgan fingerprint density at radius 2 is 1.52 bits per heavy atom. The van der Waals surface area contributed by atoms with Crippen molar-refractivity contribution in [3.05, 3.63) is 88.8 Å². The van der Waals surface area contributed by atoms with E-state index in [2.05, 4.69) is 35.2 Å². The van der Waals surface area contributed by atoms with Crippen molar-refractivity contribution in [2.24, 2.45) is 0 Å². The van der Waals surface area contributed by atoms with Crippen molar-refractivity contribution in [3.8, 4) is 17.0 Å². The molecule has 1 atom stereocenters. The van der Waals surface area contributed by atoms with Crippen LogP contribution in [0.2, 0.25) is 10.0 Å². The van der Waals surface area contributed by atoms with Crippen molar-refractivity contribution >= 4 is 79.2 Å². The molecule has 20 heteroatoms. The van der Waals surface area contributed by atoms with Crippen LogP contribution in [0.15, 0.2) is 73.2 Å². The summed E-state index contributed by atoms with van der Waals surface area (Å²) in [4.78, 5) is 55.7. The van der Waals surface area contributed by atoms with E-state index in [4.69, 9.17) is 32.9 Å². The van der Waals surface area contributed by atoms with Gasteiger partial charge in [-0.15, -0.1) is 0 Å². The van der Waals surface area contributed by atoms with Gasteiger partial charge in [-0.1, -0.05) is 23.2 Å². The summed E-state index contributed by atoms with van der Waals surface area (Å²) in [5.41, 5.74) is 4.82. The molecule has 9 rings (SSSR count). The van der Waals surface area contributed by atoms with Gasteiger partial charge < -0.3 is 19.4 Å². The summed E-state index contributed by atoms with van der Waals surface area (Å²) >= 11 is 12.7. The zero-order valence-electron chi connectivity index (χ0n) is 35.3. The quantitative estimate of drug-likeness (QED) is 0.178. The molecule has 4 saturated heterocycles. The van der Waals surface area contributed by atoms with Gasteiger partial charge in [0.15, 0.2) is 0 Å². The number of piperidine rings is 1. The number of imide groups is 1. The lowest BCUT2D eigenvalue weighted by Crippen LogP contribution is -2.54. The van der Waals surface area contributed by atoms with E-state index in [1.54, 1.807) is 27.8 Å². The Morgan fingerprint density at radius 1 is 0.828 bits per heavy atom. The number of urea groups is 1. The maximum absolute atomic E-state index is 13.8. The summed E-state index contributed by atoms with van der Waals surface area (Å²) in [6.45, 7) is 8.07. The number of amides is 4. The molecule has 4 amide bonds. The van der Waals surface area contributed by atoms with Crippen LogP contribution in [0.5, 0.6) is 5.75 Å². The molecule has 17 nitrogen and oxygen atoms in total. The van der Waals surface area contributed by atoms with Crippen LogP contribution in [0.3, 0.4) is 0 Å². The van der Waals surface area contributed by atoms with Crippen LogP contribution in [-0.2, 0) is 19.6 Å². The smallest absolute Gasteiger partial charge is 0.328 e. The monoisotopic (exact) mass is 929 g/mol. The van der Waals surface area contributed by atoms with Crippen molar-refractivity contribution in [3.63, 3.8) is 0 Å². The predicted molar refractivity (Wildman–Crippen MR) is 246 cm³/mol. The van der Waals surface area contributed by atoms with E-state index in [0.717, 1.165) is 65.5 Å². The molecule has 7 heterocycles. The number of hydrogen-bond donors (Lipinski definition) is 2. The molecule has 4 aliphatic heterocycles. The van der Waals surface area contributed by atoms with Crippen LogP contribution < -0.4 is 24.8 Å². The molecule has 4 fully saturated rings. The number of carbonyl (C=O) groups excluding carboxylic acids is 3. The number of benzene rings is 2. The minimum absolute atomic E-state index is 0.0291. The van der Waals surface area contributed by atoms with Crippen LogP contribution in [0.1, 0.15) is 37.9 Å². The van der Waals surface area contributed by atoms with Crippen LogP contribution >= 0.6 is 23.2 Å². The molecule has 0 radical (unpaired) electrons. The highest BCUT2D eigenvalue weighted by Crippen LogP contribution is 2.35. The topological polar surface area (TPSA) is 181 Å². The van der Waals surface area contributed by atoms with Gasteiger partial charge in [0.2, 0.25) is 21.8 Å². The number of anilines is 3. The van der Waals surface area contributed by atoms with Crippen molar-refractivity contribution < 1.29 is 27.5 Å². The fraction of sp³-hybridized carbons (Fsp3) is 0.409. The Hall–Kier alpha value is -5.53. The van der Waals surface area contributed by atoms with Gasteiger partial charge in [0.05, 0.1) is 27.4 Å². The summed E-state index contributed by atoms with van der Waals surface area (Å²) in [5.74, 6) is 1.15. The van der Waals surface area contributed by atoms with Gasteiger partial charge in [-0.3, -0.25) is 34.8 Å². The molecule has 0 aliphatic carbocycles. The van der Waals surface area contributed by atoms with Crippen molar-refractivity contribution in [2.45, 2.75) is 37.5 Å². The first-order chi connectivity index (χ1) is 30.9. The number of H-pyrrole nitrogens is 1. The van der Waals surface area contributed by atoms with E-state index < -0.39 is 27.4 Å². The Balaban J connectivity index is 0.724. The van der Waals surface area contributed by atoms with E-state index >= 15 is 0 Å². The van der Waals surface area contributed by atoms with Gasteiger partial charge in [0.1, 0.15) is 23.4 Å². The number of fused-ring (bicyclic) bond motifs is 1. The van der Waals surface area contributed by atoms with Gasteiger partial charge in [-0.25, -0.2) is 18.2 Å². The Morgan fingerprint density at radius 3 is 2.19 bits per heavy atom. The van der Waals surface area contributed by atoms with Crippen LogP contribution in [0.4, 0.5) is 22.0 Å². The maximum Gasteiger partial charge on any atom is 0.328 e. The third-order valence-corrected chi connectivity index (χ3v) is 15.6. The second kappa shape index (κ2) is 18.5. The van der Waals surface area contributed by atoms with Crippen molar-refractivity contribution in [1.82, 2.24) is 39.6 Å². The van der Waals surface area contributed by atoms with Gasteiger partial charge in [-0.05, 0) is 74.4 Å². The normalized spacial score (nSPS) is 19.0. The number of aromatic amines is 1. The number of likely N-dealkylation sites (tertiary alicyclic amines) is 1. The fourth-order valence-electron chi connectivity index (χ4n) is 8.97. The number of halogens is 2. The number of hydrogen-bond acceptors (Lipinski definition) is 12. The van der Waals surface area contributed by atoms with Crippen LogP contribution in [-0.4, -0.2) is 144 Å². The van der Waals surface area contributed by atoms with Crippen molar-refractivity contribution in [1.29, 1.82) is 0 Å². The summed E-state index contributed by atoms with van der Waals surface area (Å²) in [6.07, 6.45) is 5.54. The van der Waals surface area contributed by atoms with Crippen LogP contribution in [0.25, 0.3) is 22.2 Å². The van der Waals surface area contributed by atoms with Crippen molar-refractivity contribution in [2.75, 3.05) is 93.2 Å². The average Bonchev–Trinajstić information content (AvgIpc) is 3.73. The van der Waals surface area contributed by atoms with E-state index in [9.17, 15) is 22.8 Å². The average molecular weight is 931 g/mol. The molecule has 2 N–H and O–H groups in total. The summed E-state index contributed by atoms with van der Waals surface area (Å²) < 4.78 is 35.5. The highest BCUT2D eigenvalue weighted by atomic mass is 35.5. The highest BCUT2D eigenvalue weighted by molar-refractivity contribution is 7.89. The molecular weight excluding hydrogens is 882 g/mol. The van der Waals surface area contributed by atoms with Gasteiger partial charge >= 0.3 is 6.03 Å². The molecule has 0 bridgehead atoms. The number of nitrogens with zero attached hydrogens (tertiary/aromatic N) is 9. The minimum Gasteiger partial charge on any atom is -0.486 e. The number of piperazine rings is 2. The molecule has 0 saturated carbocycles. The Labute approximate surface area is 381 Å². The van der Waals surface area contributed by atoms with E-state index in [0.29, 0.717) is 86.6 Å². The SMILES string of the molecule is C[C@@H](Oc1ccc2[nH]nc(-c3ccc(N4CCN(S(=O)(=O)C5CCN(C(=O)CN6CCN(c7ccc(N8CCC(=O)NC8=O)cc7)CC6)CC5)CC4)nc3)c2c1)c1c(Cl)cncc1Cl. The summed E-state index contributed by atoms with van der Waals surface area (Å²) in [6, 6.07) is 16.9. The molecule has 5 aromatic rings. The molecule has 336 valence electrons. The van der Waals surface area contributed by atoms with Crippen LogP contribution in [0, 0.1) is 0 Å². The molecule has 4 aliphatic rings. The lowest BCUT2D eigenvalue weighted by atomic mass is 10.1. The van der Waals surface area contributed by atoms with E-state index in [1.807, 2.05) is 66.4 Å². The highest BCUT2D eigenvalue weighted by Gasteiger charge is 2.38. The lowest BCUT2D eigenvalue weighted by molar-refractivity contribution is -0.133. The maximum atomic E-state index is 13.8. The second-order valence-electron chi connectivity index (χ2n) is 16.5. The fourth-order valence-corrected chi connectivity index (χ4v) is 11.5. The Kier molecular flexibility index (Phi) is 12.6. The molecular formula is C44H49Cl2N11O6S. The van der Waals surface area contributed by atoms with Gasteiger partial charge in [0.25, 0.3) is 0 Å². The number of carbonyl (C=O) groups is 3. The van der Waals surface area contributed by atoms with E-state index in [-0.39, 0.29) is 18.2 Å². The summed E-state index contributed by atoms with van der Waals surface area (Å²) in [7, 11) is -3.54. The zero-order chi connectivity index (χ0) is 44.5. The predicted octanol–water partition coefficient (Wildman–Crippen LogP) is 5.18. The number of aromatic nitrogens is 4. The summed E-state index contributed by atoms with van der Waals surface area (Å²) in [5, 5.41) is 11.2. The standard InChI is InChI=1S/C44H49Cl2N11O6S/c1-29(42-36(45)26-47-27-37(42)46)63-33-7-8-38-35(24-33)43(51-50-38)30-2-9-39(48-25-30)54-20-22-56(23-21-54)64(61,62)34-10-13-55(14-11-34)41(59)28-52-16-18-53(19-17-52)31-3-5-32(6-4-31)57-15-12-40(58)49-44(57)60/h2-9,24-27,29,34H,10-23,28H2,1H3,(H,50,51)(H,49,58,60)/t29-/m1/s1. The number of nitrogens with one attached hydrogen (secondary N) is 2. The second-order valence-corrected chi connectivity index (χ2v) is 19.5. The number of sulfonamides is 1. The van der Waals surface area contributed by atoms with Gasteiger partial charge in [-0.2, -0.15) is 9.40 Å². The third-order valence-electron chi connectivity index (χ3n) is 12.6. The first-order valence-electron chi connectivity index (χ1n) is 21.5.